The first-order valence-electron chi connectivity index (χ1n) is 11.4. The maximum atomic E-state index is 13.6. The Hall–Kier alpha value is -2.39. The Bertz CT molecular complexity index is 1090. The zero-order valence-corrected chi connectivity index (χ0v) is 22.8. The summed E-state index contributed by atoms with van der Waals surface area (Å²) in [4.78, 5) is 28.2. The zero-order chi connectivity index (χ0) is 25.5. The predicted octanol–water partition coefficient (Wildman–Crippen LogP) is 4.25. The molecular formula is C25H34BrN3O4S. The smallest absolute Gasteiger partial charge is 0.244 e. The lowest BCUT2D eigenvalue weighted by Crippen LogP contribution is -2.53. The highest BCUT2D eigenvalue weighted by Crippen LogP contribution is 2.28. The number of halogens is 1. The first kappa shape index (κ1) is 27.9. The fraction of sp³-hybridized carbons (Fsp3) is 0.440. The second kappa shape index (κ2) is 12.4. The van der Waals surface area contributed by atoms with E-state index in [1.54, 1.807) is 24.3 Å². The van der Waals surface area contributed by atoms with Crippen LogP contribution in [0.3, 0.4) is 0 Å². The number of amides is 2. The van der Waals surface area contributed by atoms with E-state index < -0.39 is 28.5 Å². The number of nitrogens with one attached hydrogen (secondary N) is 1. The van der Waals surface area contributed by atoms with Crippen LogP contribution in [0.1, 0.15) is 44.7 Å². The molecule has 2 rings (SSSR count). The fourth-order valence-electron chi connectivity index (χ4n) is 3.50. The maximum absolute atomic E-state index is 13.6. The van der Waals surface area contributed by atoms with Crippen molar-refractivity contribution in [3.8, 4) is 0 Å². The zero-order valence-electron chi connectivity index (χ0n) is 20.4. The van der Waals surface area contributed by atoms with Gasteiger partial charge in [-0.15, -0.1) is 0 Å². The van der Waals surface area contributed by atoms with E-state index in [4.69, 9.17) is 0 Å². The van der Waals surface area contributed by atoms with Crippen LogP contribution in [0.2, 0.25) is 0 Å². The molecule has 34 heavy (non-hydrogen) atoms. The Labute approximate surface area is 211 Å². The van der Waals surface area contributed by atoms with Crippen LogP contribution in [0, 0.1) is 6.92 Å². The van der Waals surface area contributed by atoms with E-state index in [0.717, 1.165) is 28.1 Å². The van der Waals surface area contributed by atoms with Gasteiger partial charge in [0, 0.05) is 17.1 Å². The molecule has 186 valence electrons. The van der Waals surface area contributed by atoms with Gasteiger partial charge in [-0.2, -0.15) is 0 Å². The minimum absolute atomic E-state index is 0.0364. The first-order valence-corrected chi connectivity index (χ1v) is 14.0. The second-order valence-electron chi connectivity index (χ2n) is 8.47. The van der Waals surface area contributed by atoms with Crippen molar-refractivity contribution >= 4 is 43.5 Å². The molecule has 0 fully saturated rings. The number of carbonyl (C=O) groups is 2. The number of anilines is 1. The van der Waals surface area contributed by atoms with Gasteiger partial charge >= 0.3 is 0 Å². The van der Waals surface area contributed by atoms with Crippen LogP contribution in [0.15, 0.2) is 53.0 Å². The summed E-state index contributed by atoms with van der Waals surface area (Å²) in [5, 5.41) is 2.96. The van der Waals surface area contributed by atoms with Crippen molar-refractivity contribution in [1.82, 2.24) is 10.2 Å². The van der Waals surface area contributed by atoms with Gasteiger partial charge < -0.3 is 10.2 Å². The molecule has 7 nitrogen and oxygen atoms in total. The molecule has 0 spiro atoms. The van der Waals surface area contributed by atoms with E-state index in [0.29, 0.717) is 16.6 Å². The summed E-state index contributed by atoms with van der Waals surface area (Å²) in [6, 6.07) is 13.8. The van der Waals surface area contributed by atoms with Crippen LogP contribution in [0.25, 0.3) is 0 Å². The molecule has 0 aliphatic carbocycles. The van der Waals surface area contributed by atoms with Gasteiger partial charge in [-0.3, -0.25) is 13.9 Å². The van der Waals surface area contributed by atoms with E-state index in [2.05, 4.69) is 21.2 Å². The largest absolute Gasteiger partial charge is 0.352 e. The van der Waals surface area contributed by atoms with Crippen molar-refractivity contribution in [2.75, 3.05) is 17.1 Å². The van der Waals surface area contributed by atoms with Crippen LogP contribution < -0.4 is 9.62 Å². The number of aryl methyl sites for hydroxylation is 1. The minimum Gasteiger partial charge on any atom is -0.352 e. The minimum atomic E-state index is -3.77. The van der Waals surface area contributed by atoms with Gasteiger partial charge in [-0.25, -0.2) is 8.42 Å². The van der Waals surface area contributed by atoms with E-state index in [1.165, 1.54) is 4.90 Å². The highest BCUT2D eigenvalue weighted by atomic mass is 79.9. The quantitative estimate of drug-likeness (QED) is 0.452. The van der Waals surface area contributed by atoms with Gasteiger partial charge in [-0.05, 0) is 60.3 Å². The lowest BCUT2D eigenvalue weighted by atomic mass is 10.1. The number of carbonyl (C=O) groups excluding carboxylic acids is 2. The van der Waals surface area contributed by atoms with Crippen molar-refractivity contribution in [3.63, 3.8) is 0 Å². The normalized spacial score (nSPS) is 13.1. The van der Waals surface area contributed by atoms with Crippen LogP contribution in [0.4, 0.5) is 5.69 Å². The molecule has 2 atom stereocenters. The highest BCUT2D eigenvalue weighted by molar-refractivity contribution is 9.10. The van der Waals surface area contributed by atoms with E-state index >= 15 is 0 Å². The van der Waals surface area contributed by atoms with Crippen molar-refractivity contribution in [3.05, 3.63) is 64.1 Å². The molecule has 0 aliphatic heterocycles. The third-order valence-electron chi connectivity index (χ3n) is 5.66. The summed E-state index contributed by atoms with van der Waals surface area (Å²) in [7, 11) is -3.77. The molecule has 0 aliphatic rings. The number of hydrogen-bond donors (Lipinski definition) is 1. The second-order valence-corrected chi connectivity index (χ2v) is 11.2. The Kier molecular flexibility index (Phi) is 10.1. The maximum Gasteiger partial charge on any atom is 0.244 e. The SMILES string of the molecule is CC[C@H](C(=O)N[C@@H](C)CC)N(Cc1ccc(C)cc1)C(=O)CN(c1ccccc1Br)S(C)(=O)=O. The van der Waals surface area contributed by atoms with E-state index in [9.17, 15) is 18.0 Å². The Balaban J connectivity index is 2.44. The van der Waals surface area contributed by atoms with Gasteiger partial charge in [-0.1, -0.05) is 55.8 Å². The predicted molar refractivity (Wildman–Crippen MR) is 140 cm³/mol. The molecule has 0 saturated carbocycles. The van der Waals surface area contributed by atoms with E-state index in [1.807, 2.05) is 52.0 Å². The summed E-state index contributed by atoms with van der Waals surface area (Å²) in [5.41, 5.74) is 2.31. The van der Waals surface area contributed by atoms with Crippen LogP contribution in [0.5, 0.6) is 0 Å². The Morgan fingerprint density at radius 3 is 2.18 bits per heavy atom. The first-order chi connectivity index (χ1) is 16.0. The van der Waals surface area contributed by atoms with Crippen LogP contribution >= 0.6 is 15.9 Å². The van der Waals surface area contributed by atoms with Crippen molar-refractivity contribution in [2.45, 2.75) is 59.2 Å². The molecule has 1 N–H and O–H groups in total. The van der Waals surface area contributed by atoms with Crippen LogP contribution in [-0.2, 0) is 26.2 Å². The third kappa shape index (κ3) is 7.56. The molecule has 2 amide bonds. The average Bonchev–Trinajstić information content (AvgIpc) is 2.78. The van der Waals surface area contributed by atoms with Crippen molar-refractivity contribution in [2.24, 2.45) is 0 Å². The van der Waals surface area contributed by atoms with Crippen molar-refractivity contribution < 1.29 is 18.0 Å². The monoisotopic (exact) mass is 551 g/mol. The molecule has 0 saturated heterocycles. The molecule has 0 unspecified atom stereocenters. The number of sulfonamides is 1. The third-order valence-corrected chi connectivity index (χ3v) is 7.46. The summed E-state index contributed by atoms with van der Waals surface area (Å²) >= 11 is 3.38. The van der Waals surface area contributed by atoms with E-state index in [-0.39, 0.29) is 18.5 Å². The number of para-hydroxylation sites is 1. The molecular weight excluding hydrogens is 518 g/mol. The molecule has 0 heterocycles. The Morgan fingerprint density at radius 2 is 1.65 bits per heavy atom. The number of benzene rings is 2. The number of nitrogens with zero attached hydrogens (tertiary/aromatic N) is 2. The molecule has 0 aromatic heterocycles. The van der Waals surface area contributed by atoms with Gasteiger partial charge in [0.1, 0.15) is 12.6 Å². The molecule has 0 bridgehead atoms. The standard InChI is InChI=1S/C25H34BrN3O4S/c1-6-19(4)27-25(31)22(7-2)28(16-20-14-12-18(3)13-15-20)24(30)17-29(34(5,32)33)23-11-9-8-10-21(23)26/h8-15,19,22H,6-7,16-17H2,1-5H3,(H,27,31)/t19-,22+/m0/s1. The van der Waals surface area contributed by atoms with Crippen molar-refractivity contribution in [1.29, 1.82) is 0 Å². The number of hydrogen-bond acceptors (Lipinski definition) is 4. The molecule has 2 aromatic carbocycles. The molecule has 9 heteroatoms. The summed E-state index contributed by atoms with van der Waals surface area (Å²) < 4.78 is 26.9. The summed E-state index contributed by atoms with van der Waals surface area (Å²) in [6.45, 7) is 7.48. The molecule has 0 radical (unpaired) electrons. The summed E-state index contributed by atoms with van der Waals surface area (Å²) in [6.07, 6.45) is 2.22. The lowest BCUT2D eigenvalue weighted by molar-refractivity contribution is -0.140. The lowest BCUT2D eigenvalue weighted by Gasteiger charge is -2.33. The topological polar surface area (TPSA) is 86.8 Å². The average molecular weight is 553 g/mol. The Morgan fingerprint density at radius 1 is 1.03 bits per heavy atom. The van der Waals surface area contributed by atoms with Gasteiger partial charge in [0.2, 0.25) is 21.8 Å². The van der Waals surface area contributed by atoms with Gasteiger partial charge in [0.15, 0.2) is 0 Å². The van der Waals surface area contributed by atoms with Crippen LogP contribution in [-0.4, -0.2) is 50.0 Å². The summed E-state index contributed by atoms with van der Waals surface area (Å²) in [5.74, 6) is -0.697. The molecule has 2 aromatic rings. The van der Waals surface area contributed by atoms with Gasteiger partial charge in [0.05, 0.1) is 11.9 Å². The number of rotatable bonds is 11. The van der Waals surface area contributed by atoms with Gasteiger partial charge in [0.25, 0.3) is 0 Å². The fourth-order valence-corrected chi connectivity index (χ4v) is 4.98. The highest BCUT2D eigenvalue weighted by Gasteiger charge is 2.32.